The SMILES string of the molecule is CCCn1nnc(-c2ccc(-c3ccc(N4C[C@H](CC5(O)CC5)OC4=O)cc3F)cn2)n1. The van der Waals surface area contributed by atoms with Gasteiger partial charge < -0.3 is 9.84 Å². The summed E-state index contributed by atoms with van der Waals surface area (Å²) in [7, 11) is 0. The Morgan fingerprint density at radius 2 is 2.12 bits per heavy atom. The number of benzene rings is 1. The predicted molar refractivity (Wildman–Crippen MR) is 113 cm³/mol. The number of aliphatic hydroxyl groups is 1. The Morgan fingerprint density at radius 1 is 1.28 bits per heavy atom. The highest BCUT2D eigenvalue weighted by atomic mass is 19.1. The first kappa shape index (κ1) is 20.5. The van der Waals surface area contributed by atoms with Gasteiger partial charge in [0.05, 0.1) is 24.4 Å². The molecule has 2 fully saturated rings. The standard InChI is InChI=1S/C22H23FN6O3/c1-2-9-29-26-20(25-27-29)19-6-3-14(12-24-19)17-5-4-15(10-18(17)23)28-13-16(32-21(28)30)11-22(31)7-8-22/h3-6,10,12,16,31H,2,7-9,11,13H2,1H3/t16-/m0/s1. The fourth-order valence-corrected chi connectivity index (χ4v) is 3.84. The van der Waals surface area contributed by atoms with Gasteiger partial charge >= 0.3 is 6.09 Å². The number of hydrogen-bond acceptors (Lipinski definition) is 7. The Morgan fingerprint density at radius 3 is 2.81 bits per heavy atom. The van der Waals surface area contributed by atoms with Crippen LogP contribution in [0.2, 0.25) is 0 Å². The lowest BCUT2D eigenvalue weighted by Gasteiger charge is -2.15. The minimum Gasteiger partial charge on any atom is -0.444 e. The average Bonchev–Trinajstić information content (AvgIpc) is 3.16. The van der Waals surface area contributed by atoms with Crippen LogP contribution in [-0.2, 0) is 11.3 Å². The number of pyridine rings is 1. The van der Waals surface area contributed by atoms with Crippen molar-refractivity contribution in [2.45, 2.75) is 50.9 Å². The lowest BCUT2D eigenvalue weighted by Crippen LogP contribution is -2.26. The lowest BCUT2D eigenvalue weighted by atomic mass is 10.1. The third kappa shape index (κ3) is 4.05. The second-order valence-corrected chi connectivity index (χ2v) is 8.35. The van der Waals surface area contributed by atoms with Crippen LogP contribution in [0.25, 0.3) is 22.6 Å². The fourth-order valence-electron chi connectivity index (χ4n) is 3.84. The molecule has 1 N–H and O–H groups in total. The van der Waals surface area contributed by atoms with E-state index in [1.54, 1.807) is 30.5 Å². The summed E-state index contributed by atoms with van der Waals surface area (Å²) in [6.45, 7) is 3.00. The smallest absolute Gasteiger partial charge is 0.414 e. The van der Waals surface area contributed by atoms with Crippen LogP contribution in [0.5, 0.6) is 0 Å². The normalized spacial score (nSPS) is 19.3. The number of carbonyl (C=O) groups is 1. The van der Waals surface area contributed by atoms with E-state index in [0.29, 0.717) is 47.8 Å². The number of nitrogens with zero attached hydrogens (tertiary/aromatic N) is 6. The number of amides is 1. The minimum absolute atomic E-state index is 0.294. The molecule has 0 radical (unpaired) electrons. The van der Waals surface area contributed by atoms with E-state index in [1.165, 1.54) is 15.8 Å². The number of aromatic nitrogens is 5. The number of hydrogen-bond donors (Lipinski definition) is 1. The van der Waals surface area contributed by atoms with Gasteiger partial charge in [-0.25, -0.2) is 9.18 Å². The van der Waals surface area contributed by atoms with E-state index in [2.05, 4.69) is 20.4 Å². The van der Waals surface area contributed by atoms with Gasteiger partial charge in [-0.3, -0.25) is 9.88 Å². The molecule has 1 atom stereocenters. The van der Waals surface area contributed by atoms with Crippen LogP contribution in [0.3, 0.4) is 0 Å². The summed E-state index contributed by atoms with van der Waals surface area (Å²) < 4.78 is 20.3. The Labute approximate surface area is 183 Å². The first-order valence-electron chi connectivity index (χ1n) is 10.7. The van der Waals surface area contributed by atoms with Crippen molar-refractivity contribution in [3.63, 3.8) is 0 Å². The van der Waals surface area contributed by atoms with E-state index in [4.69, 9.17) is 4.74 Å². The Hall–Kier alpha value is -3.40. The van der Waals surface area contributed by atoms with Gasteiger partial charge in [-0.05, 0) is 48.7 Å². The van der Waals surface area contributed by atoms with Gasteiger partial charge in [0.15, 0.2) is 0 Å². The zero-order valence-corrected chi connectivity index (χ0v) is 17.6. The van der Waals surface area contributed by atoms with Gasteiger partial charge in [-0.2, -0.15) is 4.80 Å². The Balaban J connectivity index is 1.31. The average molecular weight is 438 g/mol. The molecule has 1 aliphatic carbocycles. The predicted octanol–water partition coefficient (Wildman–Crippen LogP) is 3.19. The van der Waals surface area contributed by atoms with Crippen molar-refractivity contribution in [1.82, 2.24) is 25.2 Å². The molecule has 1 aliphatic heterocycles. The van der Waals surface area contributed by atoms with Gasteiger partial charge in [0.25, 0.3) is 0 Å². The minimum atomic E-state index is -0.713. The molecule has 5 rings (SSSR count). The molecule has 10 heteroatoms. The largest absolute Gasteiger partial charge is 0.444 e. The summed E-state index contributed by atoms with van der Waals surface area (Å²) in [5, 5.41) is 22.3. The van der Waals surface area contributed by atoms with Crippen LogP contribution < -0.4 is 4.90 Å². The van der Waals surface area contributed by atoms with Crippen molar-refractivity contribution in [3.05, 3.63) is 42.3 Å². The topological polar surface area (TPSA) is 106 Å². The van der Waals surface area contributed by atoms with Crippen LogP contribution in [0, 0.1) is 5.82 Å². The highest BCUT2D eigenvalue weighted by Gasteiger charge is 2.46. The summed E-state index contributed by atoms with van der Waals surface area (Å²) >= 11 is 0. The molecule has 2 aliphatic rings. The van der Waals surface area contributed by atoms with Crippen molar-refractivity contribution >= 4 is 11.8 Å². The molecule has 0 spiro atoms. The van der Waals surface area contributed by atoms with Gasteiger partial charge in [0.2, 0.25) is 5.82 Å². The number of aryl methyl sites for hydroxylation is 1. The molecule has 1 amide bonds. The summed E-state index contributed by atoms with van der Waals surface area (Å²) in [6, 6.07) is 8.08. The summed E-state index contributed by atoms with van der Waals surface area (Å²) in [4.78, 5) is 19.5. The molecule has 3 aromatic rings. The van der Waals surface area contributed by atoms with Gasteiger partial charge in [0, 0.05) is 23.7 Å². The quantitative estimate of drug-likeness (QED) is 0.604. The molecule has 1 saturated heterocycles. The molecule has 166 valence electrons. The molecule has 1 aromatic carbocycles. The number of carbonyl (C=O) groups excluding carboxylic acids is 1. The molecule has 1 saturated carbocycles. The molecule has 32 heavy (non-hydrogen) atoms. The molecular formula is C22H23FN6O3. The number of cyclic esters (lactones) is 1. The number of halogens is 1. The Bertz CT molecular complexity index is 1140. The van der Waals surface area contributed by atoms with E-state index in [1.807, 2.05) is 6.92 Å². The molecule has 0 unspecified atom stereocenters. The molecule has 0 bridgehead atoms. The lowest BCUT2D eigenvalue weighted by molar-refractivity contribution is 0.0705. The molecule has 9 nitrogen and oxygen atoms in total. The van der Waals surface area contributed by atoms with E-state index in [9.17, 15) is 14.3 Å². The molecular weight excluding hydrogens is 415 g/mol. The van der Waals surface area contributed by atoms with Crippen molar-refractivity contribution in [1.29, 1.82) is 0 Å². The monoisotopic (exact) mass is 438 g/mol. The number of anilines is 1. The van der Waals surface area contributed by atoms with Crippen LogP contribution in [0.4, 0.5) is 14.9 Å². The first-order chi connectivity index (χ1) is 15.4. The maximum Gasteiger partial charge on any atom is 0.414 e. The van der Waals surface area contributed by atoms with E-state index >= 15 is 0 Å². The zero-order valence-electron chi connectivity index (χ0n) is 17.6. The van der Waals surface area contributed by atoms with Gasteiger partial charge in [-0.15, -0.1) is 10.2 Å². The Kier molecular flexibility index (Phi) is 5.09. The number of rotatable bonds is 7. The third-order valence-electron chi connectivity index (χ3n) is 5.75. The van der Waals surface area contributed by atoms with E-state index in [0.717, 1.165) is 19.3 Å². The second kappa shape index (κ2) is 7.94. The van der Waals surface area contributed by atoms with Crippen LogP contribution in [0.15, 0.2) is 36.5 Å². The number of tetrazole rings is 1. The van der Waals surface area contributed by atoms with E-state index < -0.39 is 23.6 Å². The molecule has 3 heterocycles. The second-order valence-electron chi connectivity index (χ2n) is 8.35. The maximum atomic E-state index is 14.9. The summed E-state index contributed by atoms with van der Waals surface area (Å²) in [6.07, 6.45) is 3.41. The van der Waals surface area contributed by atoms with E-state index in [-0.39, 0.29) is 0 Å². The zero-order chi connectivity index (χ0) is 22.3. The highest BCUT2D eigenvalue weighted by Crippen LogP contribution is 2.41. The van der Waals surface area contributed by atoms with Crippen LogP contribution in [-0.4, -0.2) is 54.6 Å². The first-order valence-corrected chi connectivity index (χ1v) is 10.7. The van der Waals surface area contributed by atoms with Crippen molar-refractivity contribution in [3.8, 4) is 22.6 Å². The summed E-state index contributed by atoms with van der Waals surface area (Å²) in [5.74, 6) is -0.0556. The van der Waals surface area contributed by atoms with Crippen LogP contribution in [0.1, 0.15) is 32.6 Å². The highest BCUT2D eigenvalue weighted by molar-refractivity contribution is 5.90. The summed E-state index contributed by atoms with van der Waals surface area (Å²) in [5.41, 5.74) is 1.22. The van der Waals surface area contributed by atoms with Crippen molar-refractivity contribution < 1.29 is 19.0 Å². The third-order valence-corrected chi connectivity index (χ3v) is 5.75. The van der Waals surface area contributed by atoms with Crippen LogP contribution >= 0.6 is 0 Å². The fraction of sp³-hybridized carbons (Fsp3) is 0.409. The molecule has 2 aromatic heterocycles. The van der Waals surface area contributed by atoms with Gasteiger partial charge in [0.1, 0.15) is 17.6 Å². The number of ether oxygens (including phenoxy) is 1. The van der Waals surface area contributed by atoms with Gasteiger partial charge in [-0.1, -0.05) is 13.0 Å². The van der Waals surface area contributed by atoms with Crippen molar-refractivity contribution in [2.75, 3.05) is 11.4 Å². The maximum absolute atomic E-state index is 14.9. The van der Waals surface area contributed by atoms with Crippen molar-refractivity contribution in [2.24, 2.45) is 0 Å².